The van der Waals surface area contributed by atoms with Crippen molar-refractivity contribution in [2.24, 2.45) is 0 Å². The second-order valence-corrected chi connectivity index (χ2v) is 4.36. The number of hydrogen-bond donors (Lipinski definition) is 2. The molecular formula is C7H9Cl2N3OS. The first-order chi connectivity index (χ1) is 6.77. The van der Waals surface area contributed by atoms with E-state index in [0.717, 1.165) is 29.9 Å². The molecule has 0 spiro atoms. The van der Waals surface area contributed by atoms with Crippen molar-refractivity contribution in [2.45, 2.75) is 12.8 Å². The monoisotopic (exact) mass is 253 g/mol. The van der Waals surface area contributed by atoms with Crippen molar-refractivity contribution in [2.75, 3.05) is 6.61 Å². The Balaban J connectivity index is 2.35. The molecule has 4 nitrogen and oxygen atoms in total. The first-order valence-electron chi connectivity index (χ1n) is 4.13. The fraction of sp³-hybridized carbons (Fsp3) is 0.429. The molecule has 0 saturated carbocycles. The van der Waals surface area contributed by atoms with Crippen LogP contribution in [0.4, 0.5) is 0 Å². The number of allylic oxidation sites excluding steroid dienone is 1. The van der Waals surface area contributed by atoms with Crippen molar-refractivity contribution >= 4 is 40.5 Å². The second-order valence-electron chi connectivity index (χ2n) is 2.85. The number of aromatic amines is 2. The quantitative estimate of drug-likeness (QED) is 0.794. The third-order valence-corrected chi connectivity index (χ3v) is 3.45. The van der Waals surface area contributed by atoms with E-state index in [9.17, 15) is 0 Å². The van der Waals surface area contributed by atoms with Gasteiger partial charge in [0.15, 0.2) is 0 Å². The van der Waals surface area contributed by atoms with Gasteiger partial charge in [-0.1, -0.05) is 11.6 Å². The van der Waals surface area contributed by atoms with Crippen LogP contribution in [0.25, 0.3) is 5.57 Å². The van der Waals surface area contributed by atoms with E-state index in [0.29, 0.717) is 5.15 Å². The minimum atomic E-state index is 0.514. The molecule has 2 heterocycles. The minimum absolute atomic E-state index is 0.514. The highest BCUT2D eigenvalue weighted by molar-refractivity contribution is 7.07. The Kier molecular flexibility index (Phi) is 3.10. The van der Waals surface area contributed by atoms with Crippen LogP contribution >= 0.6 is 34.9 Å². The van der Waals surface area contributed by atoms with Crippen LogP contribution in [0.5, 0.6) is 0 Å². The summed E-state index contributed by atoms with van der Waals surface area (Å²) < 4.78 is 9.25. The van der Waals surface area contributed by atoms with Gasteiger partial charge in [-0.05, 0) is 24.4 Å². The minimum Gasteiger partial charge on any atom is -0.501 e. The summed E-state index contributed by atoms with van der Waals surface area (Å²) in [7, 11) is 0. The Morgan fingerprint density at radius 2 is 2.43 bits per heavy atom. The second kappa shape index (κ2) is 4.33. The Morgan fingerprint density at radius 3 is 3.07 bits per heavy atom. The summed E-state index contributed by atoms with van der Waals surface area (Å²) in [6.07, 6.45) is 3.75. The molecule has 0 bridgehead atoms. The summed E-state index contributed by atoms with van der Waals surface area (Å²) in [6, 6.07) is 0. The van der Waals surface area contributed by atoms with Crippen LogP contribution < -0.4 is 0 Å². The van der Waals surface area contributed by atoms with Crippen LogP contribution in [-0.2, 0) is 4.74 Å². The Labute approximate surface area is 95.0 Å². The maximum Gasteiger partial charge on any atom is 0.142 e. The number of aromatic nitrogens is 3. The van der Waals surface area contributed by atoms with Crippen LogP contribution in [-0.4, -0.2) is 20.5 Å². The zero-order valence-electron chi connectivity index (χ0n) is 7.22. The lowest BCUT2D eigenvalue weighted by Crippen LogP contribution is -2.01. The summed E-state index contributed by atoms with van der Waals surface area (Å²) in [5, 5.41) is 3.26. The van der Waals surface area contributed by atoms with E-state index in [2.05, 4.69) is 9.59 Å². The largest absolute Gasteiger partial charge is 0.501 e. The number of nitrogens with one attached hydrogen (secondary N) is 2. The Morgan fingerprint density at radius 1 is 1.57 bits per heavy atom. The van der Waals surface area contributed by atoms with Crippen LogP contribution in [0.2, 0.25) is 5.15 Å². The number of halogens is 2. The highest BCUT2D eigenvalue weighted by Crippen LogP contribution is 2.29. The lowest BCUT2D eigenvalue weighted by molar-refractivity contribution is 0.235. The predicted molar refractivity (Wildman–Crippen MR) is 58.1 cm³/mol. The molecule has 0 amide bonds. The average molecular weight is 254 g/mol. The lowest BCUT2D eigenvalue weighted by atomic mass is 10.1. The van der Waals surface area contributed by atoms with Crippen LogP contribution in [0.15, 0.2) is 6.26 Å². The maximum absolute atomic E-state index is 6.00. The predicted octanol–water partition coefficient (Wildman–Crippen LogP) is 3.14. The van der Waals surface area contributed by atoms with Gasteiger partial charge in [-0.15, -0.1) is 4.32 Å². The van der Waals surface area contributed by atoms with Gasteiger partial charge in [0.2, 0.25) is 0 Å². The molecule has 2 rings (SSSR count). The highest BCUT2D eigenvalue weighted by Gasteiger charge is 2.12. The van der Waals surface area contributed by atoms with Crippen molar-refractivity contribution < 1.29 is 4.74 Å². The summed E-state index contributed by atoms with van der Waals surface area (Å²) in [5.74, 6) is 0. The lowest BCUT2D eigenvalue weighted by Gasteiger charge is -2.14. The van der Waals surface area contributed by atoms with Crippen molar-refractivity contribution in [1.29, 1.82) is 0 Å². The van der Waals surface area contributed by atoms with Crippen LogP contribution in [0.1, 0.15) is 17.7 Å². The molecule has 0 saturated heterocycles. The van der Waals surface area contributed by atoms with E-state index in [1.54, 1.807) is 6.26 Å². The molecule has 7 heteroatoms. The van der Waals surface area contributed by atoms with Crippen molar-refractivity contribution in [3.8, 4) is 0 Å². The third kappa shape index (κ3) is 2.10. The van der Waals surface area contributed by atoms with Crippen molar-refractivity contribution in [3.63, 3.8) is 0 Å². The number of H-pyrrole nitrogens is 2. The van der Waals surface area contributed by atoms with E-state index in [1.807, 2.05) is 0 Å². The molecule has 14 heavy (non-hydrogen) atoms. The first kappa shape index (κ1) is 10.0. The molecule has 0 atom stereocenters. The van der Waals surface area contributed by atoms with Gasteiger partial charge in [0.05, 0.1) is 29.5 Å². The fourth-order valence-corrected chi connectivity index (χ4v) is 2.41. The number of hydrogen-bond acceptors (Lipinski definition) is 2. The highest BCUT2D eigenvalue weighted by atomic mass is 35.5. The van der Waals surface area contributed by atoms with Crippen molar-refractivity contribution in [3.05, 3.63) is 16.3 Å². The van der Waals surface area contributed by atoms with Crippen LogP contribution in [0.3, 0.4) is 0 Å². The SMILES string of the molecule is Clc1[nH]n(Cl)[nH]sc1C1=COCCC1. The molecular weight excluding hydrogens is 245 g/mol. The standard InChI is InChI=1S/C7H9Cl2N3OS/c8-7-6(14-11-12(9)10-7)5-2-1-3-13-4-5/h4,10-11H,1-3H2. The molecule has 78 valence electrons. The molecule has 2 N–H and O–H groups in total. The Bertz CT molecular complexity index is 385. The molecule has 1 aliphatic heterocycles. The molecule has 0 aromatic carbocycles. The maximum atomic E-state index is 6.00. The van der Waals surface area contributed by atoms with Gasteiger partial charge in [-0.3, -0.25) is 5.10 Å². The number of nitrogens with zero attached hydrogens (tertiary/aromatic N) is 1. The number of ether oxygens (including phenoxy) is 1. The summed E-state index contributed by atoms with van der Waals surface area (Å²) in [4.78, 5) is 0.934. The van der Waals surface area contributed by atoms with Crippen molar-refractivity contribution in [1.82, 2.24) is 13.9 Å². The molecule has 0 aliphatic carbocycles. The average Bonchev–Trinajstić information content (AvgIpc) is 2.19. The first-order valence-corrected chi connectivity index (χ1v) is 5.66. The fourth-order valence-electron chi connectivity index (χ4n) is 1.23. The molecule has 1 aromatic rings. The zero-order valence-corrected chi connectivity index (χ0v) is 9.55. The van der Waals surface area contributed by atoms with Gasteiger partial charge < -0.3 is 4.74 Å². The Hall–Kier alpha value is -0.520. The molecule has 0 unspecified atom stereocenters. The van der Waals surface area contributed by atoms with Gasteiger partial charge in [0.25, 0.3) is 0 Å². The van der Waals surface area contributed by atoms with Gasteiger partial charge in [0, 0.05) is 5.57 Å². The molecule has 1 aliphatic rings. The normalized spacial score (nSPS) is 16.0. The number of rotatable bonds is 1. The van der Waals surface area contributed by atoms with Gasteiger partial charge in [0.1, 0.15) is 5.15 Å². The van der Waals surface area contributed by atoms with Crippen LogP contribution in [0, 0.1) is 0 Å². The van der Waals surface area contributed by atoms with E-state index in [-0.39, 0.29) is 0 Å². The van der Waals surface area contributed by atoms with E-state index in [4.69, 9.17) is 28.1 Å². The smallest absolute Gasteiger partial charge is 0.142 e. The molecule has 1 aromatic heterocycles. The van der Waals surface area contributed by atoms with Gasteiger partial charge >= 0.3 is 0 Å². The molecule has 0 radical (unpaired) electrons. The van der Waals surface area contributed by atoms with E-state index < -0.39 is 0 Å². The van der Waals surface area contributed by atoms with Gasteiger partial charge in [-0.25, -0.2) is 4.49 Å². The third-order valence-electron chi connectivity index (χ3n) is 1.85. The van der Waals surface area contributed by atoms with Gasteiger partial charge in [-0.2, -0.15) is 0 Å². The van der Waals surface area contributed by atoms with E-state index >= 15 is 0 Å². The molecule has 0 fully saturated rings. The topological polar surface area (TPSA) is 45.7 Å². The summed E-state index contributed by atoms with van der Waals surface area (Å²) in [6.45, 7) is 0.779. The summed E-state index contributed by atoms with van der Waals surface area (Å²) in [5.41, 5.74) is 1.09. The van der Waals surface area contributed by atoms with E-state index in [1.165, 1.54) is 15.8 Å². The zero-order chi connectivity index (χ0) is 9.97. The summed E-state index contributed by atoms with van der Waals surface area (Å²) >= 11 is 13.0.